The van der Waals surface area contributed by atoms with Gasteiger partial charge < -0.3 is 5.73 Å². The molecule has 0 fully saturated rings. The van der Waals surface area contributed by atoms with Crippen molar-refractivity contribution in [2.24, 2.45) is 15.9 Å². The minimum atomic E-state index is -4.36. The van der Waals surface area contributed by atoms with Gasteiger partial charge >= 0.3 is 6.18 Å². The first kappa shape index (κ1) is 13.0. The molecule has 1 aromatic carbocycles. The zero-order valence-electron chi connectivity index (χ0n) is 8.44. The third kappa shape index (κ3) is 4.11. The number of hydroxylamine groups is 1. The molecule has 0 atom stereocenters. The molecule has 0 saturated carbocycles. The highest BCUT2D eigenvalue weighted by molar-refractivity contribution is 5.81. The number of nitrogens with one attached hydrogen (secondary N) is 1. The third-order valence-corrected chi connectivity index (χ3v) is 1.72. The highest BCUT2D eigenvalue weighted by Crippen LogP contribution is 2.28. The Bertz CT molecular complexity index is 425. The Hall–Kier alpha value is -2.09. The normalized spacial score (nSPS) is 13.1. The number of alkyl halides is 3. The average molecular weight is 246 g/mol. The molecule has 1 aromatic rings. The van der Waals surface area contributed by atoms with E-state index in [2.05, 4.69) is 10.2 Å². The Kier molecular flexibility index (Phi) is 4.05. The lowest BCUT2D eigenvalue weighted by Gasteiger charge is -2.05. The van der Waals surface area contributed by atoms with Crippen LogP contribution < -0.4 is 11.2 Å². The van der Waals surface area contributed by atoms with E-state index in [1.165, 1.54) is 18.3 Å². The monoisotopic (exact) mass is 246 g/mol. The number of guanidine groups is 1. The van der Waals surface area contributed by atoms with Gasteiger partial charge in [-0.05, 0) is 17.7 Å². The van der Waals surface area contributed by atoms with Gasteiger partial charge in [-0.1, -0.05) is 12.1 Å². The average Bonchev–Trinajstić information content (AvgIpc) is 2.28. The van der Waals surface area contributed by atoms with Gasteiger partial charge in [0.15, 0.2) is 0 Å². The number of rotatable bonds is 2. The molecule has 4 N–H and O–H groups in total. The van der Waals surface area contributed by atoms with Gasteiger partial charge in [-0.3, -0.25) is 5.21 Å². The molecule has 5 nitrogen and oxygen atoms in total. The maximum atomic E-state index is 12.2. The van der Waals surface area contributed by atoms with Crippen LogP contribution >= 0.6 is 0 Å². The molecule has 1 rings (SSSR count). The fraction of sp³-hybridized carbons (Fsp3) is 0.111. The Balaban J connectivity index is 2.76. The van der Waals surface area contributed by atoms with Gasteiger partial charge in [0.25, 0.3) is 0 Å². The number of hydrogen-bond donors (Lipinski definition) is 3. The first-order valence-corrected chi connectivity index (χ1v) is 4.37. The minimum absolute atomic E-state index is 0.326. The van der Waals surface area contributed by atoms with Crippen LogP contribution in [0.4, 0.5) is 13.2 Å². The SMILES string of the molecule is N/C(=N\N=Cc1ccc(C(F)(F)F)cc1)NO. The van der Waals surface area contributed by atoms with E-state index >= 15 is 0 Å². The Morgan fingerprint density at radius 1 is 1.29 bits per heavy atom. The number of nitrogens with two attached hydrogens (primary N) is 1. The molecule has 0 saturated heterocycles. The van der Waals surface area contributed by atoms with E-state index in [4.69, 9.17) is 10.9 Å². The Labute approximate surface area is 94.4 Å². The van der Waals surface area contributed by atoms with Gasteiger partial charge in [0.2, 0.25) is 5.96 Å². The van der Waals surface area contributed by atoms with Crippen LogP contribution in [-0.4, -0.2) is 17.4 Å². The van der Waals surface area contributed by atoms with E-state index in [0.29, 0.717) is 5.56 Å². The van der Waals surface area contributed by atoms with Crippen molar-refractivity contribution in [3.8, 4) is 0 Å². The number of benzene rings is 1. The van der Waals surface area contributed by atoms with Crippen molar-refractivity contribution in [1.82, 2.24) is 5.48 Å². The fourth-order valence-corrected chi connectivity index (χ4v) is 0.938. The standard InChI is InChI=1S/C9H9F3N4O/c10-9(11,12)7-3-1-6(2-4-7)5-14-15-8(13)16-17/h1-5,17H,(H3,13,15,16). The highest BCUT2D eigenvalue weighted by atomic mass is 19.4. The Morgan fingerprint density at radius 2 is 1.88 bits per heavy atom. The summed E-state index contributed by atoms with van der Waals surface area (Å²) in [5.41, 5.74) is 6.27. The van der Waals surface area contributed by atoms with Crippen LogP contribution in [0.1, 0.15) is 11.1 Å². The summed E-state index contributed by atoms with van der Waals surface area (Å²) in [7, 11) is 0. The lowest BCUT2D eigenvalue weighted by molar-refractivity contribution is -0.137. The lowest BCUT2D eigenvalue weighted by Crippen LogP contribution is -2.27. The quantitative estimate of drug-likeness (QED) is 0.418. The summed E-state index contributed by atoms with van der Waals surface area (Å²) in [6.07, 6.45) is -3.16. The summed E-state index contributed by atoms with van der Waals surface area (Å²) in [6.45, 7) is 0. The van der Waals surface area contributed by atoms with E-state index in [1.807, 2.05) is 0 Å². The molecule has 0 aliphatic heterocycles. The van der Waals surface area contributed by atoms with Gasteiger partial charge in [0, 0.05) is 0 Å². The van der Waals surface area contributed by atoms with Gasteiger partial charge in [-0.2, -0.15) is 18.3 Å². The van der Waals surface area contributed by atoms with Gasteiger partial charge in [-0.15, -0.1) is 5.10 Å². The maximum Gasteiger partial charge on any atom is 0.416 e. The molecule has 0 heterocycles. The summed E-state index contributed by atoms with van der Waals surface area (Å²) in [4.78, 5) is 0. The van der Waals surface area contributed by atoms with E-state index in [9.17, 15) is 13.2 Å². The van der Waals surface area contributed by atoms with Crippen molar-refractivity contribution >= 4 is 12.2 Å². The smallest absolute Gasteiger partial charge is 0.367 e. The van der Waals surface area contributed by atoms with Crippen molar-refractivity contribution in [1.29, 1.82) is 0 Å². The maximum absolute atomic E-state index is 12.2. The van der Waals surface area contributed by atoms with Gasteiger partial charge in [0.1, 0.15) is 0 Å². The summed E-state index contributed by atoms with van der Waals surface area (Å²) in [5.74, 6) is -0.326. The van der Waals surface area contributed by atoms with Gasteiger partial charge in [-0.25, -0.2) is 5.48 Å². The van der Waals surface area contributed by atoms with Crippen LogP contribution in [-0.2, 0) is 6.18 Å². The predicted octanol–water partition coefficient (Wildman–Crippen LogP) is 1.33. The van der Waals surface area contributed by atoms with E-state index < -0.39 is 11.7 Å². The lowest BCUT2D eigenvalue weighted by atomic mass is 10.1. The van der Waals surface area contributed by atoms with Crippen LogP contribution in [0.3, 0.4) is 0 Å². The van der Waals surface area contributed by atoms with E-state index in [1.54, 1.807) is 5.48 Å². The molecule has 0 radical (unpaired) electrons. The second kappa shape index (κ2) is 5.30. The minimum Gasteiger partial charge on any atom is -0.367 e. The second-order valence-electron chi connectivity index (χ2n) is 2.96. The van der Waals surface area contributed by atoms with Crippen LogP contribution in [0.5, 0.6) is 0 Å². The van der Waals surface area contributed by atoms with Crippen molar-refractivity contribution in [3.63, 3.8) is 0 Å². The highest BCUT2D eigenvalue weighted by Gasteiger charge is 2.29. The summed E-state index contributed by atoms with van der Waals surface area (Å²) >= 11 is 0. The molecule has 0 aromatic heterocycles. The van der Waals surface area contributed by atoms with E-state index in [0.717, 1.165) is 12.1 Å². The predicted molar refractivity (Wildman–Crippen MR) is 55.6 cm³/mol. The van der Waals surface area contributed by atoms with E-state index in [-0.39, 0.29) is 5.96 Å². The van der Waals surface area contributed by atoms with Crippen molar-refractivity contribution < 1.29 is 18.4 Å². The summed E-state index contributed by atoms with van der Waals surface area (Å²) in [6, 6.07) is 4.34. The van der Waals surface area contributed by atoms with Gasteiger partial charge in [0.05, 0.1) is 11.8 Å². The zero-order valence-corrected chi connectivity index (χ0v) is 8.44. The summed E-state index contributed by atoms with van der Waals surface area (Å²) < 4.78 is 36.6. The first-order chi connectivity index (χ1) is 7.93. The molecule has 8 heteroatoms. The molecule has 0 amide bonds. The van der Waals surface area contributed by atoms with Crippen molar-refractivity contribution in [3.05, 3.63) is 35.4 Å². The largest absolute Gasteiger partial charge is 0.416 e. The number of hydrogen-bond acceptors (Lipinski definition) is 3. The number of nitrogens with zero attached hydrogens (tertiary/aromatic N) is 2. The fourth-order valence-electron chi connectivity index (χ4n) is 0.938. The van der Waals surface area contributed by atoms with Crippen molar-refractivity contribution in [2.45, 2.75) is 6.18 Å². The Morgan fingerprint density at radius 3 is 2.35 bits per heavy atom. The van der Waals surface area contributed by atoms with Crippen LogP contribution in [0, 0.1) is 0 Å². The van der Waals surface area contributed by atoms with Crippen LogP contribution in [0.15, 0.2) is 34.5 Å². The molecule has 0 aliphatic rings. The molecule has 17 heavy (non-hydrogen) atoms. The van der Waals surface area contributed by atoms with Crippen LogP contribution in [0.2, 0.25) is 0 Å². The molecular formula is C9H9F3N4O. The molecule has 0 aliphatic carbocycles. The second-order valence-corrected chi connectivity index (χ2v) is 2.96. The molecule has 0 unspecified atom stereocenters. The van der Waals surface area contributed by atoms with Crippen molar-refractivity contribution in [2.75, 3.05) is 0 Å². The zero-order chi connectivity index (χ0) is 12.9. The number of halogens is 3. The molecular weight excluding hydrogens is 237 g/mol. The topological polar surface area (TPSA) is 83.0 Å². The summed E-state index contributed by atoms with van der Waals surface area (Å²) in [5, 5.41) is 15.0. The molecule has 0 bridgehead atoms. The van der Waals surface area contributed by atoms with Crippen LogP contribution in [0.25, 0.3) is 0 Å². The molecule has 92 valence electrons. The molecule has 0 spiro atoms. The third-order valence-electron chi connectivity index (χ3n) is 1.72. The first-order valence-electron chi connectivity index (χ1n) is 4.37.